The number of nitrogens with zero attached hydrogens (tertiary/aromatic N) is 2. The van der Waals surface area contributed by atoms with Crippen LogP contribution in [0.2, 0.25) is 0 Å². The molecule has 2 aliphatic rings. The molecule has 2 aliphatic heterocycles. The lowest BCUT2D eigenvalue weighted by Crippen LogP contribution is -2.49. The van der Waals surface area contributed by atoms with E-state index in [1.807, 2.05) is 4.90 Å². The van der Waals surface area contributed by atoms with Crippen molar-refractivity contribution in [2.75, 3.05) is 32.7 Å². The zero-order valence-corrected chi connectivity index (χ0v) is 11.8. The number of hydrogen-bond acceptors (Lipinski definition) is 3. The maximum atomic E-state index is 12.1. The van der Waals surface area contributed by atoms with E-state index in [1.54, 1.807) is 0 Å². The van der Waals surface area contributed by atoms with Crippen LogP contribution < -0.4 is 5.32 Å². The van der Waals surface area contributed by atoms with Gasteiger partial charge in [-0.3, -0.25) is 9.69 Å². The summed E-state index contributed by atoms with van der Waals surface area (Å²) in [6.07, 6.45) is 4.59. The predicted molar refractivity (Wildman–Crippen MR) is 73.5 cm³/mol. The van der Waals surface area contributed by atoms with Gasteiger partial charge in [-0.2, -0.15) is 0 Å². The van der Waals surface area contributed by atoms with E-state index in [2.05, 4.69) is 24.1 Å². The van der Waals surface area contributed by atoms with Gasteiger partial charge in [0.05, 0.1) is 0 Å². The summed E-state index contributed by atoms with van der Waals surface area (Å²) >= 11 is 0. The van der Waals surface area contributed by atoms with Crippen LogP contribution in [0, 0.1) is 0 Å². The Balaban J connectivity index is 1.77. The number of hydrogen-bond donors (Lipinski definition) is 1. The molecule has 4 nitrogen and oxygen atoms in total. The van der Waals surface area contributed by atoms with Crippen LogP contribution in [0.15, 0.2) is 0 Å². The van der Waals surface area contributed by atoms with E-state index >= 15 is 0 Å². The van der Waals surface area contributed by atoms with Gasteiger partial charge in [0.15, 0.2) is 0 Å². The summed E-state index contributed by atoms with van der Waals surface area (Å²) in [4.78, 5) is 16.7. The Kier molecular flexibility index (Phi) is 5.01. The van der Waals surface area contributed by atoms with E-state index in [1.165, 1.54) is 19.3 Å². The molecule has 0 aromatic heterocycles. The fourth-order valence-electron chi connectivity index (χ4n) is 3.21. The third kappa shape index (κ3) is 3.45. The minimum atomic E-state index is 0.335. The highest BCUT2D eigenvalue weighted by Crippen LogP contribution is 2.22. The number of amides is 1. The Bertz CT molecular complexity index is 266. The van der Waals surface area contributed by atoms with Crippen LogP contribution in [0.25, 0.3) is 0 Å². The second-order valence-electron chi connectivity index (χ2n) is 5.75. The average molecular weight is 253 g/mol. The molecule has 1 N–H and O–H groups in total. The summed E-state index contributed by atoms with van der Waals surface area (Å²) in [5, 5.41) is 3.28. The molecule has 0 saturated carbocycles. The zero-order valence-electron chi connectivity index (χ0n) is 11.8. The molecule has 4 heteroatoms. The maximum Gasteiger partial charge on any atom is 0.223 e. The van der Waals surface area contributed by atoms with Crippen LogP contribution in [-0.4, -0.2) is 60.5 Å². The first-order valence-corrected chi connectivity index (χ1v) is 7.42. The third-order valence-electron chi connectivity index (χ3n) is 4.43. The number of carbonyl (C=O) groups is 1. The number of rotatable bonds is 3. The van der Waals surface area contributed by atoms with Crippen LogP contribution in [0.4, 0.5) is 0 Å². The van der Waals surface area contributed by atoms with E-state index in [0.717, 1.165) is 32.7 Å². The fourth-order valence-corrected chi connectivity index (χ4v) is 3.21. The van der Waals surface area contributed by atoms with Crippen molar-refractivity contribution in [3.8, 4) is 0 Å². The molecule has 0 spiro atoms. The Morgan fingerprint density at radius 1 is 1.17 bits per heavy atom. The van der Waals surface area contributed by atoms with Crippen molar-refractivity contribution in [1.29, 1.82) is 0 Å². The summed E-state index contributed by atoms with van der Waals surface area (Å²) < 4.78 is 0. The highest BCUT2D eigenvalue weighted by molar-refractivity contribution is 5.76. The molecular weight excluding hydrogens is 226 g/mol. The molecule has 2 saturated heterocycles. The van der Waals surface area contributed by atoms with Gasteiger partial charge in [-0.05, 0) is 26.7 Å². The summed E-state index contributed by atoms with van der Waals surface area (Å²) in [7, 11) is 0. The molecule has 0 unspecified atom stereocenters. The zero-order chi connectivity index (χ0) is 13.0. The lowest BCUT2D eigenvalue weighted by Gasteiger charge is -2.39. The predicted octanol–water partition coefficient (Wildman–Crippen LogP) is 1.07. The van der Waals surface area contributed by atoms with E-state index in [9.17, 15) is 4.79 Å². The lowest BCUT2D eigenvalue weighted by molar-refractivity contribution is -0.132. The van der Waals surface area contributed by atoms with E-state index in [4.69, 9.17) is 0 Å². The normalized spacial score (nSPS) is 30.4. The van der Waals surface area contributed by atoms with Gasteiger partial charge in [0, 0.05) is 51.2 Å². The molecule has 18 heavy (non-hydrogen) atoms. The molecule has 0 bridgehead atoms. The molecule has 2 rings (SSSR count). The summed E-state index contributed by atoms with van der Waals surface area (Å²) in [5.74, 6) is 0.335. The summed E-state index contributed by atoms with van der Waals surface area (Å²) in [5.41, 5.74) is 0. The molecule has 104 valence electrons. The minimum absolute atomic E-state index is 0.335. The molecule has 0 aromatic rings. The van der Waals surface area contributed by atoms with Crippen molar-refractivity contribution >= 4 is 5.91 Å². The lowest BCUT2D eigenvalue weighted by atomic mass is 9.97. The molecule has 0 aliphatic carbocycles. The van der Waals surface area contributed by atoms with Gasteiger partial charge in [-0.15, -0.1) is 0 Å². The molecule has 0 radical (unpaired) electrons. The second-order valence-corrected chi connectivity index (χ2v) is 5.75. The SMILES string of the molecule is C[C@@H]1CCC[C@H](C)N1CCC(=O)N1CCNCC1. The van der Waals surface area contributed by atoms with E-state index in [-0.39, 0.29) is 0 Å². The first-order valence-electron chi connectivity index (χ1n) is 7.42. The Morgan fingerprint density at radius 3 is 2.39 bits per heavy atom. The van der Waals surface area contributed by atoms with E-state index in [0.29, 0.717) is 24.4 Å². The molecule has 2 heterocycles. The van der Waals surface area contributed by atoms with Crippen LogP contribution >= 0.6 is 0 Å². The third-order valence-corrected chi connectivity index (χ3v) is 4.43. The van der Waals surface area contributed by atoms with Crippen molar-refractivity contribution in [3.05, 3.63) is 0 Å². The number of likely N-dealkylation sites (tertiary alicyclic amines) is 1. The quantitative estimate of drug-likeness (QED) is 0.817. The summed E-state index contributed by atoms with van der Waals surface area (Å²) in [6.45, 7) is 9.18. The number of piperazine rings is 1. The molecule has 2 atom stereocenters. The van der Waals surface area contributed by atoms with Crippen molar-refractivity contribution in [2.45, 2.75) is 51.6 Å². The average Bonchev–Trinajstić information content (AvgIpc) is 2.39. The topological polar surface area (TPSA) is 35.6 Å². The second kappa shape index (κ2) is 6.53. The number of nitrogens with one attached hydrogen (secondary N) is 1. The highest BCUT2D eigenvalue weighted by atomic mass is 16.2. The van der Waals surface area contributed by atoms with Crippen LogP contribution in [0.1, 0.15) is 39.5 Å². The summed E-state index contributed by atoms with van der Waals surface area (Å²) in [6, 6.07) is 1.29. The Morgan fingerprint density at radius 2 is 1.78 bits per heavy atom. The number of carbonyl (C=O) groups excluding carboxylic acids is 1. The van der Waals surface area contributed by atoms with Gasteiger partial charge in [0.25, 0.3) is 0 Å². The number of piperidine rings is 1. The Labute approximate surface area is 111 Å². The highest BCUT2D eigenvalue weighted by Gasteiger charge is 2.25. The molecule has 2 fully saturated rings. The van der Waals surface area contributed by atoms with Gasteiger partial charge in [-0.25, -0.2) is 0 Å². The van der Waals surface area contributed by atoms with Gasteiger partial charge < -0.3 is 10.2 Å². The molecule has 1 amide bonds. The van der Waals surface area contributed by atoms with Crippen LogP contribution in [0.3, 0.4) is 0 Å². The van der Waals surface area contributed by atoms with E-state index < -0.39 is 0 Å². The molecule has 0 aromatic carbocycles. The van der Waals surface area contributed by atoms with Crippen molar-refractivity contribution in [3.63, 3.8) is 0 Å². The standard InChI is InChI=1S/C14H27N3O/c1-12-4-3-5-13(2)17(12)9-6-14(18)16-10-7-15-8-11-16/h12-13,15H,3-11H2,1-2H3/t12-,13+. The van der Waals surface area contributed by atoms with Gasteiger partial charge in [-0.1, -0.05) is 6.42 Å². The van der Waals surface area contributed by atoms with Crippen LogP contribution in [-0.2, 0) is 4.79 Å². The van der Waals surface area contributed by atoms with Crippen LogP contribution in [0.5, 0.6) is 0 Å². The largest absolute Gasteiger partial charge is 0.340 e. The van der Waals surface area contributed by atoms with Gasteiger partial charge in [0.2, 0.25) is 5.91 Å². The van der Waals surface area contributed by atoms with Gasteiger partial charge in [0.1, 0.15) is 0 Å². The Hall–Kier alpha value is -0.610. The van der Waals surface area contributed by atoms with Gasteiger partial charge >= 0.3 is 0 Å². The molecular formula is C14H27N3O. The smallest absolute Gasteiger partial charge is 0.223 e. The monoisotopic (exact) mass is 253 g/mol. The van der Waals surface area contributed by atoms with Crippen molar-refractivity contribution in [2.24, 2.45) is 0 Å². The van der Waals surface area contributed by atoms with Crippen molar-refractivity contribution in [1.82, 2.24) is 15.1 Å². The first-order chi connectivity index (χ1) is 8.68. The fraction of sp³-hybridized carbons (Fsp3) is 0.929. The van der Waals surface area contributed by atoms with Crippen molar-refractivity contribution < 1.29 is 4.79 Å². The minimum Gasteiger partial charge on any atom is -0.340 e. The maximum absolute atomic E-state index is 12.1. The first kappa shape index (κ1) is 13.8.